The summed E-state index contributed by atoms with van der Waals surface area (Å²) >= 11 is 0. The average Bonchev–Trinajstić information content (AvgIpc) is 2.62. The van der Waals surface area contributed by atoms with E-state index in [1.54, 1.807) is 0 Å². The standard InChI is InChI=1S/C13H19NO2/c1-13(2)15-9-12(16-13)11(8-14)10-6-4-3-5-7-10/h3-7,11-12H,8-9,14H2,1-2H3. The molecule has 0 aliphatic carbocycles. The molecular weight excluding hydrogens is 202 g/mol. The van der Waals surface area contributed by atoms with E-state index in [0.717, 1.165) is 0 Å². The van der Waals surface area contributed by atoms with Gasteiger partial charge in [0.25, 0.3) is 0 Å². The van der Waals surface area contributed by atoms with Gasteiger partial charge < -0.3 is 15.2 Å². The number of benzene rings is 1. The zero-order valence-electron chi connectivity index (χ0n) is 9.85. The van der Waals surface area contributed by atoms with Gasteiger partial charge in [-0.3, -0.25) is 0 Å². The SMILES string of the molecule is CC1(C)OCC(C(CN)c2ccccc2)O1. The number of nitrogens with two attached hydrogens (primary N) is 1. The second-order valence-electron chi connectivity index (χ2n) is 4.62. The molecule has 0 radical (unpaired) electrons. The van der Waals surface area contributed by atoms with Crippen LogP contribution in [0.5, 0.6) is 0 Å². The maximum absolute atomic E-state index is 5.85. The summed E-state index contributed by atoms with van der Waals surface area (Å²) in [5, 5.41) is 0. The lowest BCUT2D eigenvalue weighted by atomic mass is 9.94. The van der Waals surface area contributed by atoms with Crippen LogP contribution in [0.1, 0.15) is 25.3 Å². The third-order valence-electron chi connectivity index (χ3n) is 2.96. The average molecular weight is 221 g/mol. The minimum atomic E-state index is -0.479. The van der Waals surface area contributed by atoms with Gasteiger partial charge in [-0.25, -0.2) is 0 Å². The van der Waals surface area contributed by atoms with Crippen LogP contribution in [0.25, 0.3) is 0 Å². The lowest BCUT2D eigenvalue weighted by molar-refractivity contribution is -0.140. The smallest absolute Gasteiger partial charge is 0.163 e. The van der Waals surface area contributed by atoms with Gasteiger partial charge in [-0.2, -0.15) is 0 Å². The summed E-state index contributed by atoms with van der Waals surface area (Å²) in [6.07, 6.45) is 0.0578. The van der Waals surface area contributed by atoms with Gasteiger partial charge in [-0.15, -0.1) is 0 Å². The van der Waals surface area contributed by atoms with Crippen LogP contribution in [-0.4, -0.2) is 25.0 Å². The fourth-order valence-corrected chi connectivity index (χ4v) is 2.12. The van der Waals surface area contributed by atoms with E-state index in [4.69, 9.17) is 15.2 Å². The Kier molecular flexibility index (Phi) is 3.28. The number of ether oxygens (including phenoxy) is 2. The van der Waals surface area contributed by atoms with E-state index in [2.05, 4.69) is 12.1 Å². The van der Waals surface area contributed by atoms with Gasteiger partial charge in [0.2, 0.25) is 0 Å². The van der Waals surface area contributed by atoms with Gasteiger partial charge in [0.1, 0.15) is 0 Å². The highest BCUT2D eigenvalue weighted by Gasteiger charge is 2.37. The van der Waals surface area contributed by atoms with E-state index in [-0.39, 0.29) is 12.0 Å². The van der Waals surface area contributed by atoms with Crippen molar-refractivity contribution in [1.82, 2.24) is 0 Å². The molecule has 2 N–H and O–H groups in total. The third kappa shape index (κ3) is 2.43. The van der Waals surface area contributed by atoms with Crippen molar-refractivity contribution in [2.45, 2.75) is 31.7 Å². The van der Waals surface area contributed by atoms with Crippen LogP contribution >= 0.6 is 0 Å². The zero-order valence-corrected chi connectivity index (χ0v) is 9.85. The Morgan fingerprint density at radius 1 is 1.38 bits per heavy atom. The first-order valence-electron chi connectivity index (χ1n) is 5.69. The molecule has 2 atom stereocenters. The Hall–Kier alpha value is -0.900. The van der Waals surface area contributed by atoms with E-state index in [1.807, 2.05) is 32.0 Å². The van der Waals surface area contributed by atoms with Gasteiger partial charge in [0.15, 0.2) is 5.79 Å². The predicted octanol–water partition coefficient (Wildman–Crippen LogP) is 1.88. The molecule has 0 spiro atoms. The van der Waals surface area contributed by atoms with Crippen LogP contribution in [0.2, 0.25) is 0 Å². The maximum atomic E-state index is 5.85. The van der Waals surface area contributed by atoms with Crippen LogP contribution in [0.3, 0.4) is 0 Å². The van der Waals surface area contributed by atoms with Crippen molar-refractivity contribution in [2.75, 3.05) is 13.2 Å². The molecule has 1 aliphatic heterocycles. The predicted molar refractivity (Wildman–Crippen MR) is 63.1 cm³/mol. The van der Waals surface area contributed by atoms with Gasteiger partial charge in [0, 0.05) is 12.5 Å². The van der Waals surface area contributed by atoms with Crippen molar-refractivity contribution in [3.8, 4) is 0 Å². The van der Waals surface area contributed by atoms with Crippen LogP contribution in [0.15, 0.2) is 30.3 Å². The highest BCUT2D eigenvalue weighted by Crippen LogP contribution is 2.31. The molecule has 1 heterocycles. The summed E-state index contributed by atoms with van der Waals surface area (Å²) in [6.45, 7) is 5.06. The molecule has 0 amide bonds. The fourth-order valence-electron chi connectivity index (χ4n) is 2.12. The zero-order chi connectivity index (χ0) is 11.6. The molecule has 3 nitrogen and oxygen atoms in total. The normalized spacial score (nSPS) is 25.6. The van der Waals surface area contributed by atoms with Gasteiger partial charge >= 0.3 is 0 Å². The quantitative estimate of drug-likeness (QED) is 0.847. The second kappa shape index (κ2) is 4.53. The first kappa shape index (κ1) is 11.6. The van der Waals surface area contributed by atoms with E-state index >= 15 is 0 Å². The molecule has 16 heavy (non-hydrogen) atoms. The Morgan fingerprint density at radius 3 is 2.56 bits per heavy atom. The molecule has 0 aromatic heterocycles. The molecule has 3 heteroatoms. The molecule has 0 saturated carbocycles. The van der Waals surface area contributed by atoms with E-state index in [1.165, 1.54) is 5.56 Å². The number of rotatable bonds is 3. The molecule has 1 aromatic rings. The molecule has 88 valence electrons. The van der Waals surface area contributed by atoms with Crippen molar-refractivity contribution in [2.24, 2.45) is 5.73 Å². The monoisotopic (exact) mass is 221 g/mol. The summed E-state index contributed by atoms with van der Waals surface area (Å²) in [5.74, 6) is -0.268. The maximum Gasteiger partial charge on any atom is 0.163 e. The first-order valence-corrected chi connectivity index (χ1v) is 5.69. The summed E-state index contributed by atoms with van der Waals surface area (Å²) in [5.41, 5.74) is 7.06. The topological polar surface area (TPSA) is 44.5 Å². The van der Waals surface area contributed by atoms with Crippen molar-refractivity contribution >= 4 is 0 Å². The number of hydrogen-bond acceptors (Lipinski definition) is 3. The van der Waals surface area contributed by atoms with Crippen molar-refractivity contribution in [3.63, 3.8) is 0 Å². The first-order chi connectivity index (χ1) is 7.62. The Bertz CT molecular complexity index is 337. The lowest BCUT2D eigenvalue weighted by Crippen LogP contribution is -2.30. The van der Waals surface area contributed by atoms with Crippen LogP contribution in [0, 0.1) is 0 Å². The minimum Gasteiger partial charge on any atom is -0.348 e. The van der Waals surface area contributed by atoms with E-state index in [0.29, 0.717) is 13.2 Å². The van der Waals surface area contributed by atoms with Gasteiger partial charge in [-0.1, -0.05) is 30.3 Å². The Balaban J connectivity index is 2.13. The van der Waals surface area contributed by atoms with E-state index in [9.17, 15) is 0 Å². The largest absolute Gasteiger partial charge is 0.348 e. The van der Waals surface area contributed by atoms with Gasteiger partial charge in [0.05, 0.1) is 12.7 Å². The molecule has 1 aliphatic rings. The molecule has 2 unspecified atom stereocenters. The fraction of sp³-hybridized carbons (Fsp3) is 0.538. The highest BCUT2D eigenvalue weighted by molar-refractivity contribution is 5.21. The second-order valence-corrected chi connectivity index (χ2v) is 4.62. The summed E-state index contributed by atoms with van der Waals surface area (Å²) in [4.78, 5) is 0. The summed E-state index contributed by atoms with van der Waals surface area (Å²) in [7, 11) is 0. The minimum absolute atomic E-state index is 0.0578. The molecule has 0 bridgehead atoms. The molecule has 1 fully saturated rings. The van der Waals surface area contributed by atoms with Crippen molar-refractivity contribution < 1.29 is 9.47 Å². The number of hydrogen-bond donors (Lipinski definition) is 1. The van der Waals surface area contributed by atoms with Crippen molar-refractivity contribution in [1.29, 1.82) is 0 Å². The molecular formula is C13H19NO2. The highest BCUT2D eigenvalue weighted by atomic mass is 16.7. The molecule has 1 saturated heterocycles. The van der Waals surface area contributed by atoms with E-state index < -0.39 is 5.79 Å². The van der Waals surface area contributed by atoms with Crippen molar-refractivity contribution in [3.05, 3.63) is 35.9 Å². The van der Waals surface area contributed by atoms with Crippen LogP contribution in [0.4, 0.5) is 0 Å². The molecule has 2 rings (SSSR count). The Morgan fingerprint density at radius 2 is 2.06 bits per heavy atom. The summed E-state index contributed by atoms with van der Waals surface area (Å²) < 4.78 is 11.4. The van der Waals surface area contributed by atoms with Gasteiger partial charge in [-0.05, 0) is 19.4 Å². The Labute approximate surface area is 96.5 Å². The third-order valence-corrected chi connectivity index (χ3v) is 2.96. The lowest BCUT2D eigenvalue weighted by Gasteiger charge is -2.23. The van der Waals surface area contributed by atoms with Crippen LogP contribution < -0.4 is 5.73 Å². The molecule has 1 aromatic carbocycles. The van der Waals surface area contributed by atoms with Crippen LogP contribution in [-0.2, 0) is 9.47 Å². The summed E-state index contributed by atoms with van der Waals surface area (Å²) in [6, 6.07) is 10.2.